The van der Waals surface area contributed by atoms with Gasteiger partial charge in [-0.25, -0.2) is 22.1 Å². The summed E-state index contributed by atoms with van der Waals surface area (Å²) in [5.41, 5.74) is 0. The number of aryl methyl sites for hydroxylation is 1. The highest BCUT2D eigenvalue weighted by Gasteiger charge is 2.53. The van der Waals surface area contributed by atoms with E-state index in [2.05, 4.69) is 4.74 Å². The van der Waals surface area contributed by atoms with Crippen LogP contribution in [0.1, 0.15) is 6.42 Å². The summed E-state index contributed by atoms with van der Waals surface area (Å²) in [6.07, 6.45) is 3.69. The fraction of sp³-hybridized carbons (Fsp3) is 0.308. The van der Waals surface area contributed by atoms with Gasteiger partial charge in [-0.2, -0.15) is 4.39 Å². The van der Waals surface area contributed by atoms with Gasteiger partial charge in [-0.3, -0.25) is 0 Å². The van der Waals surface area contributed by atoms with Crippen LogP contribution in [0, 0.1) is 0 Å². The Morgan fingerprint density at radius 1 is 0.950 bits per heavy atom. The Labute approximate surface area is 111 Å². The number of halogens is 5. The average molecular weight is 292 g/mol. The maximum atomic E-state index is 13.8. The van der Waals surface area contributed by atoms with E-state index in [4.69, 9.17) is 0 Å². The number of pyridine rings is 1. The molecule has 7 heteroatoms. The first-order valence-corrected chi connectivity index (χ1v) is 5.85. The highest BCUT2D eigenvalue weighted by molar-refractivity contribution is 5.42. The standard InChI is InChI=1S/C13H11F5NO/c14-9-10(15)12(17)13(18,11(9)16)20-8-4-7-19-5-2-1-3-6-19/h1-3,5-6H,4,7-8H2/q+1. The smallest absolute Gasteiger partial charge is 0.320 e. The van der Waals surface area contributed by atoms with E-state index in [-0.39, 0.29) is 6.42 Å². The van der Waals surface area contributed by atoms with Gasteiger partial charge in [-0.1, -0.05) is 6.07 Å². The second-order valence-corrected chi connectivity index (χ2v) is 4.17. The maximum Gasteiger partial charge on any atom is 0.320 e. The Morgan fingerprint density at radius 2 is 1.50 bits per heavy atom. The summed E-state index contributed by atoms with van der Waals surface area (Å²) < 4.78 is 71.5. The molecule has 1 aliphatic carbocycles. The number of aromatic nitrogens is 1. The molecule has 0 aliphatic heterocycles. The molecule has 1 aromatic heterocycles. The van der Waals surface area contributed by atoms with Crippen molar-refractivity contribution in [3.05, 3.63) is 53.9 Å². The first kappa shape index (κ1) is 14.6. The molecule has 0 saturated heterocycles. The molecule has 0 radical (unpaired) electrons. The molecule has 2 nitrogen and oxygen atoms in total. The molecule has 0 saturated carbocycles. The van der Waals surface area contributed by atoms with Gasteiger partial charge >= 0.3 is 5.85 Å². The minimum Gasteiger partial charge on any atom is -0.335 e. The van der Waals surface area contributed by atoms with Crippen molar-refractivity contribution >= 4 is 0 Å². The van der Waals surface area contributed by atoms with E-state index >= 15 is 0 Å². The van der Waals surface area contributed by atoms with Crippen molar-refractivity contribution in [1.29, 1.82) is 0 Å². The fourth-order valence-corrected chi connectivity index (χ4v) is 1.74. The Balaban J connectivity index is 1.91. The van der Waals surface area contributed by atoms with E-state index in [0.717, 1.165) is 0 Å². The molecule has 1 heterocycles. The highest BCUT2D eigenvalue weighted by Crippen LogP contribution is 2.46. The van der Waals surface area contributed by atoms with Crippen LogP contribution in [0.3, 0.4) is 0 Å². The predicted molar refractivity (Wildman–Crippen MR) is 59.5 cm³/mol. The predicted octanol–water partition coefficient (Wildman–Crippen LogP) is 3.36. The minimum absolute atomic E-state index is 0.212. The molecule has 0 spiro atoms. The SMILES string of the molecule is FC1=C(F)C(F)(OCCC[n+]2ccccc2)C(F)=C1F. The van der Waals surface area contributed by atoms with Crippen LogP contribution in [0.25, 0.3) is 0 Å². The number of hydrogen-bond donors (Lipinski definition) is 0. The van der Waals surface area contributed by atoms with Crippen LogP contribution in [0.15, 0.2) is 53.9 Å². The molecular formula is C13H11F5NO+. The third-order valence-corrected chi connectivity index (χ3v) is 2.78. The van der Waals surface area contributed by atoms with Gasteiger partial charge in [0.25, 0.3) is 0 Å². The normalized spacial score (nSPS) is 18.1. The summed E-state index contributed by atoms with van der Waals surface area (Å²) in [5.74, 6) is -12.6. The van der Waals surface area contributed by atoms with E-state index in [0.29, 0.717) is 6.54 Å². The van der Waals surface area contributed by atoms with Gasteiger partial charge in [-0.15, -0.1) is 0 Å². The van der Waals surface area contributed by atoms with E-state index < -0.39 is 35.8 Å². The van der Waals surface area contributed by atoms with Crippen molar-refractivity contribution in [2.24, 2.45) is 0 Å². The Morgan fingerprint density at radius 3 is 2.05 bits per heavy atom. The van der Waals surface area contributed by atoms with Crippen molar-refractivity contribution in [2.75, 3.05) is 6.61 Å². The number of nitrogens with zero attached hydrogens (tertiary/aromatic N) is 1. The molecule has 108 valence electrons. The third kappa shape index (κ3) is 2.58. The molecule has 0 fully saturated rings. The zero-order valence-corrected chi connectivity index (χ0v) is 10.3. The molecule has 0 unspecified atom stereocenters. The summed E-state index contributed by atoms with van der Waals surface area (Å²) >= 11 is 0. The minimum atomic E-state index is -3.78. The van der Waals surface area contributed by atoms with Gasteiger partial charge in [0.2, 0.25) is 11.7 Å². The van der Waals surface area contributed by atoms with Crippen LogP contribution < -0.4 is 4.57 Å². The van der Waals surface area contributed by atoms with Gasteiger partial charge < -0.3 is 4.74 Å². The molecule has 0 aromatic carbocycles. The molecule has 0 amide bonds. The van der Waals surface area contributed by atoms with E-state index in [1.165, 1.54) is 0 Å². The van der Waals surface area contributed by atoms with Crippen LogP contribution in [0.5, 0.6) is 0 Å². The molecular weight excluding hydrogens is 281 g/mol. The molecule has 0 N–H and O–H groups in total. The highest BCUT2D eigenvalue weighted by atomic mass is 19.2. The Bertz CT molecular complexity index is 531. The van der Waals surface area contributed by atoms with Gasteiger partial charge in [0.1, 0.15) is 0 Å². The fourth-order valence-electron chi connectivity index (χ4n) is 1.74. The van der Waals surface area contributed by atoms with Gasteiger partial charge in [0.15, 0.2) is 30.6 Å². The summed E-state index contributed by atoms with van der Waals surface area (Å²) in [6.45, 7) is -0.00164. The van der Waals surface area contributed by atoms with Crippen molar-refractivity contribution in [1.82, 2.24) is 0 Å². The number of alkyl halides is 1. The maximum absolute atomic E-state index is 13.8. The van der Waals surface area contributed by atoms with Crippen LogP contribution in [-0.4, -0.2) is 12.5 Å². The zero-order valence-electron chi connectivity index (χ0n) is 10.3. The lowest BCUT2D eigenvalue weighted by Gasteiger charge is -2.18. The van der Waals surface area contributed by atoms with E-state index in [1.54, 1.807) is 35.2 Å². The topological polar surface area (TPSA) is 13.1 Å². The van der Waals surface area contributed by atoms with Crippen LogP contribution >= 0.6 is 0 Å². The van der Waals surface area contributed by atoms with Crippen molar-refractivity contribution in [3.63, 3.8) is 0 Å². The lowest BCUT2D eigenvalue weighted by Crippen LogP contribution is -2.34. The van der Waals surface area contributed by atoms with Crippen molar-refractivity contribution < 1.29 is 31.3 Å². The molecule has 0 bridgehead atoms. The molecule has 20 heavy (non-hydrogen) atoms. The van der Waals surface area contributed by atoms with Crippen LogP contribution in [-0.2, 0) is 11.3 Å². The molecule has 1 aromatic rings. The molecule has 2 rings (SSSR count). The lowest BCUT2D eigenvalue weighted by atomic mass is 10.3. The number of rotatable bonds is 5. The Kier molecular flexibility index (Phi) is 4.17. The molecule has 1 aliphatic rings. The summed E-state index contributed by atoms with van der Waals surface area (Å²) in [6, 6.07) is 5.34. The largest absolute Gasteiger partial charge is 0.335 e. The third-order valence-electron chi connectivity index (χ3n) is 2.78. The van der Waals surface area contributed by atoms with Gasteiger partial charge in [-0.05, 0) is 0 Å². The summed E-state index contributed by atoms with van der Waals surface area (Å²) in [7, 11) is 0. The lowest BCUT2D eigenvalue weighted by molar-refractivity contribution is -0.697. The van der Waals surface area contributed by atoms with E-state index in [1.807, 2.05) is 0 Å². The number of allylic oxidation sites excluding steroid dienone is 2. The van der Waals surface area contributed by atoms with Crippen LogP contribution in [0.2, 0.25) is 0 Å². The van der Waals surface area contributed by atoms with Gasteiger partial charge in [0.05, 0.1) is 6.61 Å². The van der Waals surface area contributed by atoms with Crippen molar-refractivity contribution in [2.45, 2.75) is 18.8 Å². The summed E-state index contributed by atoms with van der Waals surface area (Å²) in [5, 5.41) is 0. The monoisotopic (exact) mass is 292 g/mol. The first-order valence-electron chi connectivity index (χ1n) is 5.85. The number of ether oxygens (including phenoxy) is 1. The first-order chi connectivity index (χ1) is 9.47. The van der Waals surface area contributed by atoms with Crippen LogP contribution in [0.4, 0.5) is 22.0 Å². The zero-order chi connectivity index (χ0) is 14.8. The van der Waals surface area contributed by atoms with Crippen molar-refractivity contribution in [3.8, 4) is 0 Å². The number of hydrogen-bond acceptors (Lipinski definition) is 1. The Hall–Kier alpha value is -1.76. The quantitative estimate of drug-likeness (QED) is 0.461. The second-order valence-electron chi connectivity index (χ2n) is 4.17. The average Bonchev–Trinajstić information content (AvgIpc) is 2.61. The van der Waals surface area contributed by atoms with E-state index in [9.17, 15) is 22.0 Å². The summed E-state index contributed by atoms with van der Waals surface area (Å²) in [4.78, 5) is 0. The van der Waals surface area contributed by atoms with Gasteiger partial charge in [0, 0.05) is 18.6 Å². The molecule has 0 atom stereocenters. The second kappa shape index (κ2) is 5.70.